The number of rotatable bonds is 5. The van der Waals surface area contributed by atoms with Crippen molar-refractivity contribution >= 4 is 15.8 Å². The van der Waals surface area contributed by atoms with Gasteiger partial charge in [0.25, 0.3) is 0 Å². The van der Waals surface area contributed by atoms with Crippen molar-refractivity contribution in [1.82, 2.24) is 0 Å². The first-order valence-corrected chi connectivity index (χ1v) is 7.50. The standard InChI is InChI=1S/C13H18O4S/c1-4-12(13(14)15)18(16,17)8-11-9(2)6-5-7-10(11)3/h5-7,12H,4,8H2,1-3H3,(H,14,15). The van der Waals surface area contributed by atoms with Crippen LogP contribution in [0.3, 0.4) is 0 Å². The Morgan fingerprint density at radius 2 is 1.78 bits per heavy atom. The number of sulfone groups is 1. The molecule has 0 aliphatic rings. The van der Waals surface area contributed by atoms with Gasteiger partial charge in [-0.15, -0.1) is 0 Å². The Morgan fingerprint density at radius 1 is 1.28 bits per heavy atom. The van der Waals surface area contributed by atoms with Gasteiger partial charge in [-0.2, -0.15) is 0 Å². The normalized spacial score (nSPS) is 13.3. The van der Waals surface area contributed by atoms with E-state index in [1.165, 1.54) is 0 Å². The molecular formula is C13H18O4S. The minimum absolute atomic E-state index is 0.0859. The maximum absolute atomic E-state index is 12.1. The molecule has 0 radical (unpaired) electrons. The predicted molar refractivity (Wildman–Crippen MR) is 70.3 cm³/mol. The van der Waals surface area contributed by atoms with E-state index in [4.69, 9.17) is 5.11 Å². The summed E-state index contributed by atoms with van der Waals surface area (Å²) in [4.78, 5) is 11.0. The average Bonchev–Trinajstić information content (AvgIpc) is 2.23. The van der Waals surface area contributed by atoms with Crippen molar-refractivity contribution in [3.8, 4) is 0 Å². The molecule has 1 atom stereocenters. The third-order valence-corrected chi connectivity index (χ3v) is 5.16. The topological polar surface area (TPSA) is 71.4 Å². The summed E-state index contributed by atoms with van der Waals surface area (Å²) in [5.74, 6) is -1.49. The van der Waals surface area contributed by atoms with Crippen LogP contribution in [0.15, 0.2) is 18.2 Å². The lowest BCUT2D eigenvalue weighted by molar-refractivity contribution is -0.136. The summed E-state index contributed by atoms with van der Waals surface area (Å²) in [5, 5.41) is 7.62. The molecule has 0 bridgehead atoms. The molecular weight excluding hydrogens is 252 g/mol. The highest BCUT2D eigenvalue weighted by Crippen LogP contribution is 2.20. The van der Waals surface area contributed by atoms with E-state index < -0.39 is 21.1 Å². The zero-order chi connectivity index (χ0) is 13.9. The molecule has 0 aliphatic heterocycles. The highest BCUT2D eigenvalue weighted by atomic mass is 32.2. The maximum atomic E-state index is 12.1. The Labute approximate surface area is 108 Å². The van der Waals surface area contributed by atoms with Crippen LogP contribution in [-0.2, 0) is 20.4 Å². The van der Waals surface area contributed by atoms with Gasteiger partial charge < -0.3 is 5.11 Å². The Hall–Kier alpha value is -1.36. The van der Waals surface area contributed by atoms with Gasteiger partial charge >= 0.3 is 5.97 Å². The zero-order valence-corrected chi connectivity index (χ0v) is 11.6. The van der Waals surface area contributed by atoms with Crippen LogP contribution < -0.4 is 0 Å². The average molecular weight is 270 g/mol. The number of carboxylic acids is 1. The lowest BCUT2D eigenvalue weighted by Gasteiger charge is -2.14. The lowest BCUT2D eigenvalue weighted by atomic mass is 10.1. The van der Waals surface area contributed by atoms with E-state index in [0.717, 1.165) is 11.1 Å². The van der Waals surface area contributed by atoms with E-state index in [-0.39, 0.29) is 12.2 Å². The van der Waals surface area contributed by atoms with Gasteiger partial charge in [0.15, 0.2) is 15.1 Å². The van der Waals surface area contributed by atoms with Gasteiger partial charge in [-0.3, -0.25) is 4.79 Å². The number of hydrogen-bond donors (Lipinski definition) is 1. The molecule has 100 valence electrons. The van der Waals surface area contributed by atoms with Crippen molar-refractivity contribution in [2.24, 2.45) is 0 Å². The summed E-state index contributed by atoms with van der Waals surface area (Å²) in [6.07, 6.45) is 0.0859. The lowest BCUT2D eigenvalue weighted by Crippen LogP contribution is -2.30. The third kappa shape index (κ3) is 3.10. The second-order valence-corrected chi connectivity index (χ2v) is 6.60. The van der Waals surface area contributed by atoms with Gasteiger partial charge in [-0.25, -0.2) is 8.42 Å². The molecule has 1 rings (SSSR count). The molecule has 0 fully saturated rings. The van der Waals surface area contributed by atoms with Gasteiger partial charge in [0, 0.05) is 0 Å². The highest BCUT2D eigenvalue weighted by molar-refractivity contribution is 7.92. The molecule has 0 saturated heterocycles. The minimum atomic E-state index is -3.67. The zero-order valence-electron chi connectivity index (χ0n) is 10.8. The van der Waals surface area contributed by atoms with Crippen molar-refractivity contribution in [2.45, 2.75) is 38.2 Å². The fourth-order valence-corrected chi connectivity index (χ4v) is 3.83. The fraction of sp³-hybridized carbons (Fsp3) is 0.462. The van der Waals surface area contributed by atoms with Crippen LogP contribution in [0.25, 0.3) is 0 Å². The van der Waals surface area contributed by atoms with Crippen molar-refractivity contribution in [3.05, 3.63) is 34.9 Å². The van der Waals surface area contributed by atoms with E-state index >= 15 is 0 Å². The van der Waals surface area contributed by atoms with Crippen LogP contribution in [0.5, 0.6) is 0 Å². The number of aryl methyl sites for hydroxylation is 2. The first kappa shape index (κ1) is 14.7. The smallest absolute Gasteiger partial charge is 0.321 e. The van der Waals surface area contributed by atoms with Crippen LogP contribution >= 0.6 is 0 Å². The molecule has 18 heavy (non-hydrogen) atoms. The van der Waals surface area contributed by atoms with Crippen molar-refractivity contribution < 1.29 is 18.3 Å². The number of carboxylic acid groups (broad SMARTS) is 1. The van der Waals surface area contributed by atoms with Crippen molar-refractivity contribution in [1.29, 1.82) is 0 Å². The molecule has 0 spiro atoms. The van der Waals surface area contributed by atoms with Gasteiger partial charge in [0.2, 0.25) is 0 Å². The largest absolute Gasteiger partial charge is 0.480 e. The molecule has 1 N–H and O–H groups in total. The number of carbonyl (C=O) groups is 1. The molecule has 0 aliphatic carbocycles. The second-order valence-electron chi connectivity index (χ2n) is 4.41. The monoisotopic (exact) mass is 270 g/mol. The summed E-state index contributed by atoms with van der Waals surface area (Å²) in [7, 11) is -3.67. The molecule has 0 saturated carbocycles. The minimum Gasteiger partial charge on any atom is -0.480 e. The first-order valence-electron chi connectivity index (χ1n) is 5.79. The van der Waals surface area contributed by atoms with E-state index in [2.05, 4.69) is 0 Å². The summed E-state index contributed by atoms with van der Waals surface area (Å²) in [6, 6.07) is 5.52. The Bertz CT molecular complexity index is 526. The van der Waals surface area contributed by atoms with E-state index in [1.54, 1.807) is 6.92 Å². The van der Waals surface area contributed by atoms with E-state index in [9.17, 15) is 13.2 Å². The van der Waals surface area contributed by atoms with E-state index in [1.807, 2.05) is 32.0 Å². The molecule has 1 unspecified atom stereocenters. The molecule has 1 aromatic rings. The van der Waals surface area contributed by atoms with E-state index in [0.29, 0.717) is 5.56 Å². The SMILES string of the molecule is CCC(C(=O)O)S(=O)(=O)Cc1c(C)cccc1C. The predicted octanol–water partition coefficient (Wildman–Crippen LogP) is 2.08. The number of hydrogen-bond acceptors (Lipinski definition) is 3. The van der Waals surface area contributed by atoms with Crippen LogP contribution in [0.1, 0.15) is 30.0 Å². The highest BCUT2D eigenvalue weighted by Gasteiger charge is 2.31. The maximum Gasteiger partial charge on any atom is 0.321 e. The fourth-order valence-electron chi connectivity index (χ4n) is 1.96. The quantitative estimate of drug-likeness (QED) is 0.889. The Kier molecular flexibility index (Phi) is 4.51. The summed E-state index contributed by atoms with van der Waals surface area (Å²) < 4.78 is 24.2. The number of benzene rings is 1. The summed E-state index contributed by atoms with van der Waals surface area (Å²) >= 11 is 0. The molecule has 1 aromatic carbocycles. The van der Waals surface area contributed by atoms with Crippen LogP contribution in [0, 0.1) is 13.8 Å². The van der Waals surface area contributed by atoms with Gasteiger partial charge in [0.1, 0.15) is 0 Å². The Balaban J connectivity index is 3.14. The van der Waals surface area contributed by atoms with Crippen LogP contribution in [-0.4, -0.2) is 24.7 Å². The molecule has 5 heteroatoms. The Morgan fingerprint density at radius 3 is 2.17 bits per heavy atom. The third-order valence-electron chi connectivity index (χ3n) is 3.07. The number of aliphatic carboxylic acids is 1. The molecule has 0 aromatic heterocycles. The van der Waals surface area contributed by atoms with Gasteiger partial charge in [0.05, 0.1) is 5.75 Å². The van der Waals surface area contributed by atoms with Crippen molar-refractivity contribution in [3.63, 3.8) is 0 Å². The second kappa shape index (κ2) is 5.52. The molecule has 0 amide bonds. The molecule has 4 nitrogen and oxygen atoms in total. The van der Waals surface area contributed by atoms with Gasteiger partial charge in [-0.05, 0) is 37.0 Å². The summed E-state index contributed by atoms with van der Waals surface area (Å²) in [6.45, 7) is 5.24. The molecule has 0 heterocycles. The van der Waals surface area contributed by atoms with Crippen LogP contribution in [0.4, 0.5) is 0 Å². The van der Waals surface area contributed by atoms with Crippen molar-refractivity contribution in [2.75, 3.05) is 0 Å². The van der Waals surface area contributed by atoms with Gasteiger partial charge in [-0.1, -0.05) is 25.1 Å². The first-order chi connectivity index (χ1) is 8.29. The van der Waals surface area contributed by atoms with Crippen LogP contribution in [0.2, 0.25) is 0 Å². The summed E-state index contributed by atoms with van der Waals surface area (Å²) in [5.41, 5.74) is 2.45.